The van der Waals surface area contributed by atoms with E-state index in [0.29, 0.717) is 23.7 Å². The van der Waals surface area contributed by atoms with Crippen LogP contribution in [0.4, 0.5) is 0 Å². The number of pyridine rings is 1. The Labute approximate surface area is 142 Å². The number of para-hydroxylation sites is 1. The number of H-pyrrole nitrogens is 1. The van der Waals surface area contributed by atoms with Crippen LogP contribution in [0.25, 0.3) is 22.3 Å². The summed E-state index contributed by atoms with van der Waals surface area (Å²) in [7, 11) is 1.59. The van der Waals surface area contributed by atoms with E-state index in [1.54, 1.807) is 13.2 Å². The second-order valence-electron chi connectivity index (χ2n) is 5.72. The first-order valence-corrected chi connectivity index (χ1v) is 7.82. The molecule has 2 aliphatic rings. The minimum absolute atomic E-state index is 0.342. The number of hydrogen-bond acceptors (Lipinski definition) is 4. The molecule has 0 spiro atoms. The number of rotatable bonds is 3. The zero-order chi connectivity index (χ0) is 17.4. The first-order chi connectivity index (χ1) is 12.2. The molecule has 4 rings (SSSR count). The SMILES string of the molecule is COc1cccc2cc3c(=O)[nH]c(=O)nc-3n(Cc3ccccc3)c12. The molecule has 2 aliphatic heterocycles. The average Bonchev–Trinajstić information content (AvgIpc) is 2.62. The van der Waals surface area contributed by atoms with Crippen LogP contribution in [0.15, 0.2) is 64.2 Å². The number of nitrogens with zero attached hydrogens (tertiary/aromatic N) is 2. The van der Waals surface area contributed by atoms with Gasteiger partial charge in [-0.15, -0.1) is 0 Å². The lowest BCUT2D eigenvalue weighted by atomic mass is 10.1. The highest BCUT2D eigenvalue weighted by atomic mass is 16.5. The Morgan fingerprint density at radius 1 is 1.08 bits per heavy atom. The largest absolute Gasteiger partial charge is 0.495 e. The van der Waals surface area contributed by atoms with Crippen LogP contribution in [-0.2, 0) is 6.54 Å². The number of aromatic amines is 1. The molecular formula is C19H15N3O3. The molecule has 0 saturated heterocycles. The van der Waals surface area contributed by atoms with Crippen molar-refractivity contribution in [1.29, 1.82) is 0 Å². The predicted octanol–water partition coefficient (Wildman–Crippen LogP) is 2.25. The highest BCUT2D eigenvalue weighted by molar-refractivity contribution is 5.90. The van der Waals surface area contributed by atoms with Crippen molar-refractivity contribution in [2.75, 3.05) is 7.11 Å². The van der Waals surface area contributed by atoms with E-state index in [1.807, 2.05) is 53.1 Å². The topological polar surface area (TPSA) is 77.0 Å². The van der Waals surface area contributed by atoms with Gasteiger partial charge in [-0.3, -0.25) is 9.78 Å². The molecule has 0 radical (unpaired) electrons. The van der Waals surface area contributed by atoms with Gasteiger partial charge in [-0.25, -0.2) is 4.79 Å². The number of methoxy groups -OCH3 is 1. The summed E-state index contributed by atoms with van der Waals surface area (Å²) >= 11 is 0. The van der Waals surface area contributed by atoms with E-state index in [1.165, 1.54) is 0 Å². The molecule has 0 amide bonds. The summed E-state index contributed by atoms with van der Waals surface area (Å²) in [5.74, 6) is 1.000. The Morgan fingerprint density at radius 2 is 1.88 bits per heavy atom. The van der Waals surface area contributed by atoms with E-state index < -0.39 is 11.2 Å². The number of hydrogen-bond donors (Lipinski definition) is 1. The molecular weight excluding hydrogens is 318 g/mol. The summed E-state index contributed by atoms with van der Waals surface area (Å²) in [5, 5.41) is 0.841. The Bertz CT molecular complexity index is 1150. The highest BCUT2D eigenvalue weighted by Gasteiger charge is 2.19. The molecule has 6 heteroatoms. The molecule has 0 aromatic heterocycles. The summed E-state index contributed by atoms with van der Waals surface area (Å²) in [6, 6.07) is 17.2. The Morgan fingerprint density at radius 3 is 2.64 bits per heavy atom. The van der Waals surface area contributed by atoms with Gasteiger partial charge in [-0.1, -0.05) is 42.5 Å². The van der Waals surface area contributed by atoms with Crippen molar-refractivity contribution in [2.45, 2.75) is 6.54 Å². The normalized spacial score (nSPS) is 11.1. The minimum Gasteiger partial charge on any atom is -0.495 e. The fourth-order valence-electron chi connectivity index (χ4n) is 3.08. The fourth-order valence-corrected chi connectivity index (χ4v) is 3.08. The van der Waals surface area contributed by atoms with Gasteiger partial charge in [0.25, 0.3) is 5.56 Å². The van der Waals surface area contributed by atoms with Gasteiger partial charge in [-0.05, 0) is 17.7 Å². The smallest absolute Gasteiger partial charge is 0.349 e. The molecule has 2 aromatic carbocycles. The summed E-state index contributed by atoms with van der Waals surface area (Å²) in [5.41, 5.74) is 1.09. The third-order valence-electron chi connectivity index (χ3n) is 4.17. The lowest BCUT2D eigenvalue weighted by Gasteiger charge is -2.19. The summed E-state index contributed by atoms with van der Waals surface area (Å²) in [6.07, 6.45) is 0. The Hall–Kier alpha value is -3.41. The van der Waals surface area contributed by atoms with Crippen LogP contribution in [-0.4, -0.2) is 21.6 Å². The number of fused-ring (bicyclic) bond motifs is 2. The van der Waals surface area contributed by atoms with E-state index in [0.717, 1.165) is 16.5 Å². The zero-order valence-corrected chi connectivity index (χ0v) is 13.5. The maximum absolute atomic E-state index is 12.3. The van der Waals surface area contributed by atoms with Crippen LogP contribution in [0.2, 0.25) is 0 Å². The van der Waals surface area contributed by atoms with E-state index >= 15 is 0 Å². The minimum atomic E-state index is -0.659. The van der Waals surface area contributed by atoms with Crippen molar-refractivity contribution in [2.24, 2.45) is 0 Å². The van der Waals surface area contributed by atoms with Gasteiger partial charge >= 0.3 is 5.69 Å². The summed E-state index contributed by atoms with van der Waals surface area (Å²) in [6.45, 7) is 0.463. The first-order valence-electron chi connectivity index (χ1n) is 7.82. The van der Waals surface area contributed by atoms with Crippen molar-refractivity contribution in [3.8, 4) is 17.1 Å². The molecule has 0 saturated carbocycles. The second-order valence-corrected chi connectivity index (χ2v) is 5.72. The first kappa shape index (κ1) is 15.1. The molecule has 124 valence electrons. The van der Waals surface area contributed by atoms with Crippen molar-refractivity contribution in [3.05, 3.63) is 81.0 Å². The molecule has 0 unspecified atom stereocenters. The molecule has 6 nitrogen and oxygen atoms in total. The van der Waals surface area contributed by atoms with E-state index in [-0.39, 0.29) is 0 Å². The van der Waals surface area contributed by atoms with Crippen LogP contribution in [0.5, 0.6) is 5.75 Å². The monoisotopic (exact) mass is 333 g/mol. The second kappa shape index (κ2) is 5.90. The van der Waals surface area contributed by atoms with E-state index in [4.69, 9.17) is 4.74 Å². The van der Waals surface area contributed by atoms with Gasteiger partial charge in [-0.2, -0.15) is 4.98 Å². The predicted molar refractivity (Wildman–Crippen MR) is 95.3 cm³/mol. The molecule has 1 N–H and O–H groups in total. The molecule has 2 aromatic rings. The number of benzene rings is 2. The van der Waals surface area contributed by atoms with Gasteiger partial charge in [0.05, 0.1) is 18.2 Å². The summed E-state index contributed by atoms with van der Waals surface area (Å²) < 4.78 is 7.36. The van der Waals surface area contributed by atoms with Crippen LogP contribution >= 0.6 is 0 Å². The van der Waals surface area contributed by atoms with Crippen LogP contribution < -0.4 is 16.0 Å². The third kappa shape index (κ3) is 2.57. The zero-order valence-electron chi connectivity index (χ0n) is 13.5. The number of ether oxygens (including phenoxy) is 1. The lowest BCUT2D eigenvalue weighted by molar-refractivity contribution is 0.417. The van der Waals surface area contributed by atoms with Gasteiger partial charge in [0.1, 0.15) is 5.75 Å². The molecule has 2 heterocycles. The third-order valence-corrected chi connectivity index (χ3v) is 4.17. The van der Waals surface area contributed by atoms with Gasteiger partial charge in [0.2, 0.25) is 0 Å². The molecule has 0 bridgehead atoms. The molecule has 0 fully saturated rings. The standard InChI is InChI=1S/C19H15N3O3/c1-25-15-9-5-8-13-10-14-17(20-19(24)21-18(14)23)22(16(13)15)11-12-6-3-2-4-7-12/h2-10H,11H2,1H3,(H,21,23,24). The van der Waals surface area contributed by atoms with Crippen molar-refractivity contribution in [1.82, 2.24) is 14.5 Å². The fraction of sp³-hybridized carbons (Fsp3) is 0.105. The van der Waals surface area contributed by atoms with Gasteiger partial charge < -0.3 is 9.30 Å². The van der Waals surface area contributed by atoms with Crippen LogP contribution in [0.3, 0.4) is 0 Å². The average molecular weight is 333 g/mol. The Balaban J connectivity index is 2.14. The van der Waals surface area contributed by atoms with Crippen molar-refractivity contribution < 1.29 is 4.74 Å². The number of nitrogens with one attached hydrogen (secondary N) is 1. The quantitative estimate of drug-likeness (QED) is 0.583. The van der Waals surface area contributed by atoms with Crippen molar-refractivity contribution in [3.63, 3.8) is 0 Å². The molecule has 0 aliphatic carbocycles. The molecule has 25 heavy (non-hydrogen) atoms. The molecule has 0 atom stereocenters. The van der Waals surface area contributed by atoms with Gasteiger partial charge in [0.15, 0.2) is 5.82 Å². The summed E-state index contributed by atoms with van der Waals surface area (Å²) in [4.78, 5) is 30.3. The highest BCUT2D eigenvalue weighted by Crippen LogP contribution is 2.31. The number of aromatic nitrogens is 3. The lowest BCUT2D eigenvalue weighted by Crippen LogP contribution is -2.28. The van der Waals surface area contributed by atoms with Crippen LogP contribution in [0.1, 0.15) is 5.56 Å². The Kier molecular flexibility index (Phi) is 3.57. The van der Waals surface area contributed by atoms with E-state index in [9.17, 15) is 9.59 Å². The van der Waals surface area contributed by atoms with Crippen molar-refractivity contribution >= 4 is 10.9 Å². The van der Waals surface area contributed by atoms with Crippen LogP contribution in [0, 0.1) is 0 Å². The van der Waals surface area contributed by atoms with Gasteiger partial charge in [0, 0.05) is 11.9 Å². The maximum Gasteiger partial charge on any atom is 0.349 e. The van der Waals surface area contributed by atoms with E-state index in [2.05, 4.69) is 9.97 Å². The maximum atomic E-state index is 12.3.